The molecule has 5 heteroatoms. The Bertz CT molecular complexity index is 931. The van der Waals surface area contributed by atoms with Crippen molar-refractivity contribution in [1.29, 1.82) is 0 Å². The third kappa shape index (κ3) is 4.81. The molecule has 0 aliphatic heterocycles. The molecular formula is C20H20O4S. The van der Waals surface area contributed by atoms with Gasteiger partial charge in [-0.2, -0.15) is 8.42 Å². The maximum atomic E-state index is 11.6. The molecule has 0 N–H and O–H groups in total. The molecule has 0 saturated heterocycles. The van der Waals surface area contributed by atoms with Crippen molar-refractivity contribution in [3.8, 4) is 5.75 Å². The van der Waals surface area contributed by atoms with Crippen LogP contribution in [0, 0.1) is 0 Å². The minimum absolute atomic E-state index is 0.350. The van der Waals surface area contributed by atoms with Crippen molar-refractivity contribution in [2.75, 3.05) is 12.9 Å². The summed E-state index contributed by atoms with van der Waals surface area (Å²) in [6.07, 6.45) is 0.931. The molecule has 1 unspecified atom stereocenters. The van der Waals surface area contributed by atoms with Gasteiger partial charge in [-0.15, -0.1) is 0 Å². The summed E-state index contributed by atoms with van der Waals surface area (Å²) in [7, 11) is -3.56. The monoisotopic (exact) mass is 356 g/mol. The summed E-state index contributed by atoms with van der Waals surface area (Å²) in [6.45, 7) is 0.350. The highest BCUT2D eigenvalue weighted by Crippen LogP contribution is 2.27. The second-order valence-electron chi connectivity index (χ2n) is 5.81. The fourth-order valence-electron chi connectivity index (χ4n) is 2.75. The smallest absolute Gasteiger partial charge is 0.264 e. The second kappa shape index (κ2) is 7.68. The molecule has 0 bridgehead atoms. The Kier molecular flexibility index (Phi) is 5.36. The van der Waals surface area contributed by atoms with Crippen LogP contribution in [0.1, 0.15) is 18.1 Å². The van der Waals surface area contributed by atoms with Gasteiger partial charge in [0.1, 0.15) is 11.9 Å². The van der Waals surface area contributed by atoms with E-state index in [1.54, 1.807) is 0 Å². The molecule has 3 rings (SSSR count). The normalized spacial score (nSPS) is 12.8. The van der Waals surface area contributed by atoms with E-state index in [-0.39, 0.29) is 0 Å². The van der Waals surface area contributed by atoms with E-state index in [2.05, 4.69) is 0 Å². The van der Waals surface area contributed by atoms with Crippen LogP contribution in [0.4, 0.5) is 0 Å². The molecular weight excluding hydrogens is 336 g/mol. The predicted molar refractivity (Wildman–Crippen MR) is 99.2 cm³/mol. The molecule has 0 radical (unpaired) electrons. The van der Waals surface area contributed by atoms with Crippen LogP contribution < -0.4 is 4.74 Å². The van der Waals surface area contributed by atoms with Gasteiger partial charge in [0.25, 0.3) is 10.1 Å². The molecule has 0 spiro atoms. The van der Waals surface area contributed by atoms with Crippen LogP contribution in [0.25, 0.3) is 10.8 Å². The first-order valence-electron chi connectivity index (χ1n) is 8.07. The van der Waals surface area contributed by atoms with Crippen LogP contribution in [-0.2, 0) is 14.3 Å². The van der Waals surface area contributed by atoms with Gasteiger partial charge in [-0.3, -0.25) is 4.18 Å². The fourth-order valence-corrected chi connectivity index (χ4v) is 3.38. The van der Waals surface area contributed by atoms with Crippen LogP contribution in [0.5, 0.6) is 5.75 Å². The van der Waals surface area contributed by atoms with Gasteiger partial charge in [-0.05, 0) is 17.0 Å². The van der Waals surface area contributed by atoms with Crippen LogP contribution in [0.2, 0.25) is 0 Å². The van der Waals surface area contributed by atoms with Gasteiger partial charge in [-0.1, -0.05) is 66.7 Å². The minimum atomic E-state index is -3.56. The highest BCUT2D eigenvalue weighted by molar-refractivity contribution is 7.86. The van der Waals surface area contributed by atoms with Gasteiger partial charge in [0.2, 0.25) is 0 Å². The number of benzene rings is 3. The molecule has 25 heavy (non-hydrogen) atoms. The highest BCUT2D eigenvalue weighted by Gasteiger charge is 2.18. The van der Waals surface area contributed by atoms with Crippen molar-refractivity contribution in [2.45, 2.75) is 12.5 Å². The lowest BCUT2D eigenvalue weighted by Crippen LogP contribution is -2.13. The van der Waals surface area contributed by atoms with E-state index in [4.69, 9.17) is 8.92 Å². The van der Waals surface area contributed by atoms with Crippen LogP contribution in [0.15, 0.2) is 72.8 Å². The Hall–Kier alpha value is -2.37. The Labute approximate surface area is 148 Å². The third-order valence-corrected chi connectivity index (χ3v) is 4.43. The molecule has 4 nitrogen and oxygen atoms in total. The van der Waals surface area contributed by atoms with E-state index < -0.39 is 16.2 Å². The van der Waals surface area contributed by atoms with Crippen molar-refractivity contribution in [3.05, 3.63) is 78.4 Å². The Morgan fingerprint density at radius 3 is 2.32 bits per heavy atom. The molecule has 0 aliphatic carbocycles. The number of fused-ring (bicyclic) bond motifs is 1. The summed E-state index contributed by atoms with van der Waals surface area (Å²) in [4.78, 5) is 0. The van der Waals surface area contributed by atoms with Crippen molar-refractivity contribution in [1.82, 2.24) is 0 Å². The third-order valence-electron chi connectivity index (χ3n) is 3.85. The molecule has 1 atom stereocenters. The van der Waals surface area contributed by atoms with Crippen molar-refractivity contribution >= 4 is 20.9 Å². The maximum Gasteiger partial charge on any atom is 0.264 e. The van der Waals surface area contributed by atoms with Gasteiger partial charge in [-0.25, -0.2) is 0 Å². The fraction of sp³-hybridized carbons (Fsp3) is 0.200. The molecule has 3 aromatic carbocycles. The van der Waals surface area contributed by atoms with E-state index in [1.165, 1.54) is 0 Å². The standard InChI is InChI=1S/C20H20O4S/c1-25(21,22)24-19(17-9-3-2-4-10-17)14-15-23-20-13-7-11-16-8-5-6-12-18(16)20/h2-13,19H,14-15H2,1H3. The SMILES string of the molecule is CS(=O)(=O)OC(CCOc1cccc2ccccc12)c1ccccc1. The van der Waals surface area contributed by atoms with E-state index in [0.717, 1.165) is 28.3 Å². The molecule has 0 aromatic heterocycles. The zero-order chi connectivity index (χ0) is 17.7. The Balaban J connectivity index is 1.73. The second-order valence-corrected chi connectivity index (χ2v) is 7.41. The predicted octanol–water partition coefficient (Wildman–Crippen LogP) is 4.33. The lowest BCUT2D eigenvalue weighted by Gasteiger charge is -2.17. The van der Waals surface area contributed by atoms with E-state index in [0.29, 0.717) is 13.0 Å². The van der Waals surface area contributed by atoms with Crippen molar-refractivity contribution < 1.29 is 17.3 Å². The summed E-state index contributed by atoms with van der Waals surface area (Å²) < 4.78 is 34.3. The topological polar surface area (TPSA) is 52.6 Å². The lowest BCUT2D eigenvalue weighted by molar-refractivity contribution is 0.172. The van der Waals surface area contributed by atoms with Crippen LogP contribution in [-0.4, -0.2) is 21.3 Å². The number of hydrogen-bond donors (Lipinski definition) is 0. The van der Waals surface area contributed by atoms with E-state index in [1.807, 2.05) is 72.8 Å². The van der Waals surface area contributed by atoms with Crippen LogP contribution >= 0.6 is 0 Å². The first-order chi connectivity index (χ1) is 12.0. The molecule has 0 heterocycles. The van der Waals surface area contributed by atoms with Gasteiger partial charge in [0, 0.05) is 11.8 Å². The van der Waals surface area contributed by atoms with E-state index in [9.17, 15) is 8.42 Å². The maximum absolute atomic E-state index is 11.6. The van der Waals surface area contributed by atoms with Gasteiger partial charge in [0.15, 0.2) is 0 Å². The van der Waals surface area contributed by atoms with Crippen molar-refractivity contribution in [2.24, 2.45) is 0 Å². The first kappa shape index (κ1) is 17.5. The number of ether oxygens (including phenoxy) is 1. The highest BCUT2D eigenvalue weighted by atomic mass is 32.2. The minimum Gasteiger partial charge on any atom is -0.493 e. The Morgan fingerprint density at radius 1 is 0.880 bits per heavy atom. The zero-order valence-electron chi connectivity index (χ0n) is 14.0. The molecule has 0 aliphatic rings. The number of hydrogen-bond acceptors (Lipinski definition) is 4. The Morgan fingerprint density at radius 2 is 1.56 bits per heavy atom. The van der Waals surface area contributed by atoms with Gasteiger partial charge in [0.05, 0.1) is 12.9 Å². The molecule has 3 aromatic rings. The average Bonchev–Trinajstić information content (AvgIpc) is 2.61. The molecule has 0 saturated carbocycles. The summed E-state index contributed by atoms with van der Waals surface area (Å²) in [5, 5.41) is 2.14. The molecule has 0 amide bonds. The van der Waals surface area contributed by atoms with Gasteiger partial charge >= 0.3 is 0 Å². The van der Waals surface area contributed by atoms with Crippen LogP contribution in [0.3, 0.4) is 0 Å². The molecule has 130 valence electrons. The first-order valence-corrected chi connectivity index (χ1v) is 9.88. The zero-order valence-corrected chi connectivity index (χ0v) is 14.8. The van der Waals surface area contributed by atoms with Gasteiger partial charge < -0.3 is 4.74 Å². The van der Waals surface area contributed by atoms with E-state index >= 15 is 0 Å². The summed E-state index contributed by atoms with van der Waals surface area (Å²) in [5.74, 6) is 0.782. The number of rotatable bonds is 7. The quantitative estimate of drug-likeness (QED) is 0.592. The summed E-state index contributed by atoms with van der Waals surface area (Å²) >= 11 is 0. The largest absolute Gasteiger partial charge is 0.493 e. The average molecular weight is 356 g/mol. The van der Waals surface area contributed by atoms with Crippen molar-refractivity contribution in [3.63, 3.8) is 0 Å². The summed E-state index contributed by atoms with van der Waals surface area (Å²) in [6, 6.07) is 23.2. The lowest BCUT2D eigenvalue weighted by atomic mass is 10.1. The molecule has 0 fully saturated rings. The summed E-state index contributed by atoms with van der Waals surface area (Å²) in [5.41, 5.74) is 0.814.